The van der Waals surface area contributed by atoms with Crippen molar-refractivity contribution >= 4 is 33.4 Å². The van der Waals surface area contributed by atoms with Crippen molar-refractivity contribution in [3.63, 3.8) is 0 Å². The van der Waals surface area contributed by atoms with Gasteiger partial charge in [0.15, 0.2) is 6.23 Å². The molecule has 0 bridgehead atoms. The Morgan fingerprint density at radius 1 is 0.577 bits per heavy atom. The quantitative estimate of drug-likeness (QED) is 0.195. The molecule has 0 saturated heterocycles. The molecule has 1 atom stereocenters. The smallest absolute Gasteiger partial charge is 0.263 e. The van der Waals surface area contributed by atoms with Crippen molar-refractivity contribution in [2.45, 2.75) is 6.23 Å². The second-order valence-electron chi connectivity index (χ2n) is 12.5. The molecular formula is C44H26N6O2. The number of hydrogen-bond acceptors (Lipinski definition) is 6. The van der Waals surface area contributed by atoms with Crippen LogP contribution in [0.2, 0.25) is 0 Å². The zero-order chi connectivity index (χ0) is 35.3. The van der Waals surface area contributed by atoms with Crippen LogP contribution < -0.4 is 4.90 Å². The standard InChI is InChI=1S/C44H26N6O2/c45-25-29-11-4-18-37(47-29)34-15-6-13-32-33-14-7-16-35(38-19-5-12-30(26-46)48-38)42(33)50(41(32)34)39-20-8-17-36-40(39)44(52)49(43(36)51)31-23-21-28(22-24-31)27-9-2-1-3-10-27/h1-24,43,51H. The van der Waals surface area contributed by atoms with Crippen LogP contribution in [-0.2, 0) is 0 Å². The van der Waals surface area contributed by atoms with Crippen LogP contribution in [0.1, 0.15) is 33.5 Å². The van der Waals surface area contributed by atoms with Crippen LogP contribution in [-0.4, -0.2) is 25.5 Å². The van der Waals surface area contributed by atoms with E-state index >= 15 is 0 Å². The van der Waals surface area contributed by atoms with Gasteiger partial charge in [0.2, 0.25) is 0 Å². The van der Waals surface area contributed by atoms with E-state index in [1.54, 1.807) is 30.3 Å². The van der Waals surface area contributed by atoms with Crippen LogP contribution in [0.3, 0.4) is 0 Å². The Hall–Kier alpha value is -7.39. The van der Waals surface area contributed by atoms with E-state index in [1.807, 2.05) is 120 Å². The number of hydrogen-bond donors (Lipinski definition) is 1. The second kappa shape index (κ2) is 12.2. The molecule has 1 N–H and O–H groups in total. The van der Waals surface area contributed by atoms with Crippen LogP contribution in [0.15, 0.2) is 146 Å². The van der Waals surface area contributed by atoms with Gasteiger partial charge in [-0.2, -0.15) is 10.5 Å². The molecule has 1 unspecified atom stereocenters. The molecule has 1 aliphatic heterocycles. The number of nitrogens with zero attached hydrogens (tertiary/aromatic N) is 6. The third kappa shape index (κ3) is 4.75. The largest absolute Gasteiger partial charge is 0.369 e. The number of aliphatic hydroxyl groups excluding tert-OH is 1. The van der Waals surface area contributed by atoms with Gasteiger partial charge in [0.25, 0.3) is 5.91 Å². The molecule has 0 spiro atoms. The topological polar surface area (TPSA) is 119 Å². The maximum atomic E-state index is 14.7. The maximum absolute atomic E-state index is 14.7. The SMILES string of the molecule is N#Cc1cccc(-c2cccc3c4cccc(-c5cccc(C#N)n5)c4n(-c4cccc5c4C(=O)N(c4ccc(-c6ccccc6)cc4)C5O)c23)n1. The molecule has 0 saturated carbocycles. The average Bonchev–Trinajstić information content (AvgIpc) is 3.69. The van der Waals surface area contributed by atoms with Crippen LogP contribution in [0, 0.1) is 22.7 Å². The summed E-state index contributed by atoms with van der Waals surface area (Å²) in [7, 11) is 0. The second-order valence-corrected chi connectivity index (χ2v) is 12.5. The normalized spacial score (nSPS) is 13.6. The summed E-state index contributed by atoms with van der Waals surface area (Å²) < 4.78 is 2.04. The molecule has 8 heteroatoms. The molecule has 52 heavy (non-hydrogen) atoms. The molecule has 1 amide bonds. The van der Waals surface area contributed by atoms with E-state index in [4.69, 9.17) is 0 Å². The molecule has 0 radical (unpaired) electrons. The first-order valence-corrected chi connectivity index (χ1v) is 16.7. The van der Waals surface area contributed by atoms with E-state index in [1.165, 1.54) is 4.90 Å². The fraction of sp³-hybridized carbons (Fsp3) is 0.0227. The van der Waals surface area contributed by atoms with Crippen LogP contribution >= 0.6 is 0 Å². The highest BCUT2D eigenvalue weighted by Crippen LogP contribution is 2.45. The third-order valence-electron chi connectivity index (χ3n) is 9.61. The molecule has 1 aliphatic rings. The molecule has 8 nitrogen and oxygen atoms in total. The van der Waals surface area contributed by atoms with Crippen molar-refractivity contribution in [1.82, 2.24) is 14.5 Å². The van der Waals surface area contributed by atoms with Gasteiger partial charge < -0.3 is 9.67 Å². The lowest BCUT2D eigenvalue weighted by atomic mass is 10.0. The van der Waals surface area contributed by atoms with E-state index in [9.17, 15) is 20.4 Å². The lowest BCUT2D eigenvalue weighted by Gasteiger charge is -2.21. The number of rotatable bonds is 5. The molecule has 3 aromatic heterocycles. The van der Waals surface area contributed by atoms with Crippen molar-refractivity contribution in [3.05, 3.63) is 168 Å². The molecule has 0 aliphatic carbocycles. The lowest BCUT2D eigenvalue weighted by molar-refractivity contribution is 0.0935. The van der Waals surface area contributed by atoms with Crippen LogP contribution in [0.5, 0.6) is 0 Å². The van der Waals surface area contributed by atoms with Gasteiger partial charge >= 0.3 is 0 Å². The molecule has 5 aromatic carbocycles. The number of amides is 1. The van der Waals surface area contributed by atoms with Crippen molar-refractivity contribution in [2.75, 3.05) is 4.90 Å². The van der Waals surface area contributed by atoms with E-state index in [-0.39, 0.29) is 17.3 Å². The van der Waals surface area contributed by atoms with Gasteiger partial charge in [0.05, 0.1) is 33.7 Å². The number of para-hydroxylation sites is 2. The monoisotopic (exact) mass is 670 g/mol. The maximum Gasteiger partial charge on any atom is 0.263 e. The molecule has 0 fully saturated rings. The average molecular weight is 671 g/mol. The Morgan fingerprint density at radius 3 is 1.69 bits per heavy atom. The third-order valence-corrected chi connectivity index (χ3v) is 9.61. The molecule has 8 aromatic rings. The number of aliphatic hydroxyl groups is 1. The number of fused-ring (bicyclic) bond motifs is 4. The van der Waals surface area contributed by atoms with E-state index in [0.717, 1.165) is 44.1 Å². The Labute approximate surface area is 298 Å². The summed E-state index contributed by atoms with van der Waals surface area (Å²) >= 11 is 0. The summed E-state index contributed by atoms with van der Waals surface area (Å²) in [4.78, 5) is 25.4. The van der Waals surface area contributed by atoms with Gasteiger partial charge in [-0.25, -0.2) is 9.97 Å². The Balaban J connectivity index is 1.31. The number of carbonyl (C=O) groups is 1. The number of benzene rings is 5. The highest BCUT2D eigenvalue weighted by atomic mass is 16.3. The van der Waals surface area contributed by atoms with E-state index < -0.39 is 6.23 Å². The highest BCUT2D eigenvalue weighted by molar-refractivity contribution is 6.19. The number of anilines is 1. The van der Waals surface area contributed by atoms with Crippen molar-refractivity contribution in [1.29, 1.82) is 10.5 Å². The first-order valence-electron chi connectivity index (χ1n) is 16.7. The number of pyridine rings is 2. The van der Waals surface area contributed by atoms with Crippen molar-refractivity contribution < 1.29 is 9.90 Å². The fourth-order valence-electron chi connectivity index (χ4n) is 7.33. The summed E-state index contributed by atoms with van der Waals surface area (Å²) in [5, 5.41) is 33.0. The molecular weight excluding hydrogens is 645 g/mol. The summed E-state index contributed by atoms with van der Waals surface area (Å²) in [6.45, 7) is 0. The molecule has 244 valence electrons. The summed E-state index contributed by atoms with van der Waals surface area (Å²) in [6.07, 6.45) is -1.22. The van der Waals surface area contributed by atoms with Gasteiger partial charge in [-0.1, -0.05) is 103 Å². The molecule has 4 heterocycles. The minimum atomic E-state index is -1.22. The number of nitriles is 2. The van der Waals surface area contributed by atoms with Crippen molar-refractivity contribution in [3.8, 4) is 51.5 Å². The first kappa shape index (κ1) is 30.7. The van der Waals surface area contributed by atoms with Gasteiger partial charge in [-0.05, 0) is 53.6 Å². The number of carbonyl (C=O) groups excluding carboxylic acids is 1. The van der Waals surface area contributed by atoms with E-state index in [2.05, 4.69) is 22.1 Å². The minimum Gasteiger partial charge on any atom is -0.369 e. The van der Waals surface area contributed by atoms with Gasteiger partial charge in [0.1, 0.15) is 23.5 Å². The fourth-order valence-corrected chi connectivity index (χ4v) is 7.33. The van der Waals surface area contributed by atoms with Crippen LogP contribution in [0.25, 0.3) is 61.1 Å². The van der Waals surface area contributed by atoms with E-state index in [0.29, 0.717) is 33.9 Å². The Morgan fingerprint density at radius 2 is 1.12 bits per heavy atom. The first-order chi connectivity index (χ1) is 25.6. The minimum absolute atomic E-state index is 0.281. The predicted molar refractivity (Wildman–Crippen MR) is 200 cm³/mol. The predicted octanol–water partition coefficient (Wildman–Crippen LogP) is 8.97. The summed E-state index contributed by atoms with van der Waals surface area (Å²) in [6, 6.07) is 49.9. The number of aromatic nitrogens is 3. The summed E-state index contributed by atoms with van der Waals surface area (Å²) in [5.74, 6) is -0.343. The van der Waals surface area contributed by atoms with Crippen LogP contribution in [0.4, 0.5) is 5.69 Å². The summed E-state index contributed by atoms with van der Waals surface area (Å²) in [5.41, 5.74) is 8.83. The van der Waals surface area contributed by atoms with Gasteiger partial charge in [0, 0.05) is 33.2 Å². The highest BCUT2D eigenvalue weighted by Gasteiger charge is 2.39. The van der Waals surface area contributed by atoms with Gasteiger partial charge in [-0.3, -0.25) is 9.69 Å². The Bertz CT molecular complexity index is 2700. The lowest BCUT2D eigenvalue weighted by Crippen LogP contribution is -2.27. The zero-order valence-corrected chi connectivity index (χ0v) is 27.5. The molecule has 9 rings (SSSR count). The zero-order valence-electron chi connectivity index (χ0n) is 27.5. The van der Waals surface area contributed by atoms with Crippen molar-refractivity contribution in [2.24, 2.45) is 0 Å². The van der Waals surface area contributed by atoms with Gasteiger partial charge in [-0.15, -0.1) is 0 Å². The Kier molecular flexibility index (Phi) is 7.18.